The van der Waals surface area contributed by atoms with Gasteiger partial charge in [-0.05, 0) is 61.4 Å². The standard InChI is InChI=1S/C24H27N5O2/c1-17-7-8-20(15-18(17)2)25-24(30)29-13-11-28(12-14-29)23-10-9-22(26-27-23)19-5-4-6-21(16-19)31-3/h4-10,15-16H,11-14H2,1-3H3,(H,25,30). The zero-order valence-corrected chi connectivity index (χ0v) is 18.1. The fourth-order valence-electron chi connectivity index (χ4n) is 3.59. The summed E-state index contributed by atoms with van der Waals surface area (Å²) in [6.07, 6.45) is 0. The summed E-state index contributed by atoms with van der Waals surface area (Å²) in [5.41, 5.74) is 4.97. The summed E-state index contributed by atoms with van der Waals surface area (Å²) in [5.74, 6) is 1.61. The molecule has 1 aliphatic rings. The largest absolute Gasteiger partial charge is 0.497 e. The van der Waals surface area contributed by atoms with Gasteiger partial charge < -0.3 is 19.9 Å². The van der Waals surface area contributed by atoms with Crippen LogP contribution < -0.4 is 15.0 Å². The first kappa shape index (κ1) is 20.7. The fraction of sp³-hybridized carbons (Fsp3) is 0.292. The van der Waals surface area contributed by atoms with Gasteiger partial charge in [0.15, 0.2) is 5.82 Å². The van der Waals surface area contributed by atoms with Crippen molar-refractivity contribution in [1.82, 2.24) is 15.1 Å². The van der Waals surface area contributed by atoms with Gasteiger partial charge >= 0.3 is 6.03 Å². The number of aryl methyl sites for hydroxylation is 2. The lowest BCUT2D eigenvalue weighted by molar-refractivity contribution is 0.208. The molecular weight excluding hydrogens is 390 g/mol. The maximum atomic E-state index is 12.6. The van der Waals surface area contributed by atoms with Crippen molar-refractivity contribution in [2.24, 2.45) is 0 Å². The Morgan fingerprint density at radius 3 is 2.42 bits per heavy atom. The number of aromatic nitrogens is 2. The van der Waals surface area contributed by atoms with Gasteiger partial charge in [-0.25, -0.2) is 4.79 Å². The lowest BCUT2D eigenvalue weighted by Crippen LogP contribution is -2.50. The highest BCUT2D eigenvalue weighted by Gasteiger charge is 2.22. The number of nitrogens with zero attached hydrogens (tertiary/aromatic N) is 4. The minimum absolute atomic E-state index is 0.0673. The molecule has 3 aromatic rings. The number of nitrogens with one attached hydrogen (secondary N) is 1. The molecule has 4 rings (SSSR count). The van der Waals surface area contributed by atoms with Crippen LogP contribution in [0.25, 0.3) is 11.3 Å². The minimum Gasteiger partial charge on any atom is -0.497 e. The Balaban J connectivity index is 1.35. The fourth-order valence-corrected chi connectivity index (χ4v) is 3.59. The summed E-state index contributed by atoms with van der Waals surface area (Å²) in [6, 6.07) is 17.6. The zero-order valence-electron chi connectivity index (χ0n) is 18.1. The second kappa shape index (κ2) is 9.04. The number of anilines is 2. The molecule has 2 aromatic carbocycles. The Morgan fingerprint density at radius 1 is 0.935 bits per heavy atom. The lowest BCUT2D eigenvalue weighted by Gasteiger charge is -2.35. The van der Waals surface area contributed by atoms with E-state index in [9.17, 15) is 4.79 Å². The van der Waals surface area contributed by atoms with Gasteiger partial charge in [0, 0.05) is 37.4 Å². The number of carbonyl (C=O) groups excluding carboxylic acids is 1. The maximum Gasteiger partial charge on any atom is 0.321 e. The molecule has 160 valence electrons. The van der Waals surface area contributed by atoms with Crippen LogP contribution in [0.1, 0.15) is 11.1 Å². The van der Waals surface area contributed by atoms with E-state index in [0.29, 0.717) is 26.2 Å². The van der Waals surface area contributed by atoms with Crippen LogP contribution in [-0.4, -0.2) is 54.4 Å². The van der Waals surface area contributed by atoms with Gasteiger partial charge in [-0.2, -0.15) is 0 Å². The van der Waals surface area contributed by atoms with E-state index >= 15 is 0 Å². The molecule has 1 aliphatic heterocycles. The summed E-state index contributed by atoms with van der Waals surface area (Å²) < 4.78 is 5.28. The van der Waals surface area contributed by atoms with Gasteiger partial charge in [0.2, 0.25) is 0 Å². The summed E-state index contributed by atoms with van der Waals surface area (Å²) in [6.45, 7) is 6.81. The Hall–Kier alpha value is -3.61. The first-order valence-electron chi connectivity index (χ1n) is 10.4. The van der Waals surface area contributed by atoms with E-state index in [2.05, 4.69) is 27.3 Å². The molecule has 1 N–H and O–H groups in total. The normalized spacial score (nSPS) is 13.8. The van der Waals surface area contributed by atoms with Gasteiger partial charge in [0.05, 0.1) is 12.8 Å². The van der Waals surface area contributed by atoms with Crippen LogP contribution in [0.15, 0.2) is 54.6 Å². The Morgan fingerprint density at radius 2 is 1.74 bits per heavy atom. The number of rotatable bonds is 4. The smallest absolute Gasteiger partial charge is 0.321 e. The zero-order chi connectivity index (χ0) is 21.8. The highest BCUT2D eigenvalue weighted by atomic mass is 16.5. The number of benzene rings is 2. The van der Waals surface area contributed by atoms with E-state index in [1.807, 2.05) is 66.4 Å². The van der Waals surface area contributed by atoms with Crippen molar-refractivity contribution >= 4 is 17.5 Å². The van der Waals surface area contributed by atoms with Crippen molar-refractivity contribution in [1.29, 1.82) is 0 Å². The molecule has 2 heterocycles. The first-order valence-corrected chi connectivity index (χ1v) is 10.4. The highest BCUT2D eigenvalue weighted by molar-refractivity contribution is 5.89. The van der Waals surface area contributed by atoms with Crippen molar-refractivity contribution in [3.05, 3.63) is 65.7 Å². The average Bonchev–Trinajstić information content (AvgIpc) is 2.82. The minimum atomic E-state index is -0.0673. The number of hydrogen-bond donors (Lipinski definition) is 1. The Bertz CT molecular complexity index is 1060. The summed E-state index contributed by atoms with van der Waals surface area (Å²) in [4.78, 5) is 16.6. The molecule has 0 spiro atoms. The van der Waals surface area contributed by atoms with E-state index in [1.54, 1.807) is 7.11 Å². The SMILES string of the molecule is COc1cccc(-c2ccc(N3CCN(C(=O)Nc4ccc(C)c(C)c4)CC3)nn2)c1. The Kier molecular flexibility index (Phi) is 6.02. The van der Waals surface area contributed by atoms with Gasteiger partial charge in [0.25, 0.3) is 0 Å². The highest BCUT2D eigenvalue weighted by Crippen LogP contribution is 2.23. The first-order chi connectivity index (χ1) is 15.0. The van der Waals surface area contributed by atoms with Gasteiger partial charge in [-0.15, -0.1) is 10.2 Å². The Labute approximate surface area is 182 Å². The number of methoxy groups -OCH3 is 1. The van der Waals surface area contributed by atoms with Crippen molar-refractivity contribution in [2.75, 3.05) is 43.5 Å². The third kappa shape index (κ3) is 4.77. The topological polar surface area (TPSA) is 70.6 Å². The van der Waals surface area contributed by atoms with Crippen molar-refractivity contribution < 1.29 is 9.53 Å². The molecular formula is C24H27N5O2. The van der Waals surface area contributed by atoms with Crippen molar-refractivity contribution in [3.8, 4) is 17.0 Å². The quantitative estimate of drug-likeness (QED) is 0.691. The number of ether oxygens (including phenoxy) is 1. The van der Waals surface area contributed by atoms with Gasteiger partial charge in [0.1, 0.15) is 5.75 Å². The molecule has 7 heteroatoms. The molecule has 1 aromatic heterocycles. The summed E-state index contributed by atoms with van der Waals surface area (Å²) >= 11 is 0. The number of piperazine rings is 1. The van der Waals surface area contributed by atoms with Crippen LogP contribution in [0.5, 0.6) is 5.75 Å². The summed E-state index contributed by atoms with van der Waals surface area (Å²) in [7, 11) is 1.65. The number of urea groups is 1. The van der Waals surface area contributed by atoms with Gasteiger partial charge in [-0.1, -0.05) is 18.2 Å². The van der Waals surface area contributed by atoms with Gasteiger partial charge in [-0.3, -0.25) is 0 Å². The van der Waals surface area contributed by atoms with E-state index < -0.39 is 0 Å². The van der Waals surface area contributed by atoms with E-state index in [-0.39, 0.29) is 6.03 Å². The van der Waals surface area contributed by atoms with E-state index in [1.165, 1.54) is 11.1 Å². The number of hydrogen-bond acceptors (Lipinski definition) is 5. The third-order valence-electron chi connectivity index (χ3n) is 5.67. The van der Waals surface area contributed by atoms with Crippen molar-refractivity contribution in [3.63, 3.8) is 0 Å². The second-order valence-corrected chi connectivity index (χ2v) is 7.71. The van der Waals surface area contributed by atoms with Crippen molar-refractivity contribution in [2.45, 2.75) is 13.8 Å². The van der Waals surface area contributed by atoms with Crippen LogP contribution in [-0.2, 0) is 0 Å². The van der Waals surface area contributed by atoms with Crippen LogP contribution in [0.3, 0.4) is 0 Å². The van der Waals surface area contributed by atoms with E-state index in [4.69, 9.17) is 4.74 Å². The molecule has 31 heavy (non-hydrogen) atoms. The summed E-state index contributed by atoms with van der Waals surface area (Å²) in [5, 5.41) is 11.8. The van der Waals surface area contributed by atoms with E-state index in [0.717, 1.165) is 28.5 Å². The molecule has 0 radical (unpaired) electrons. The van der Waals surface area contributed by atoms with Crippen LogP contribution in [0.2, 0.25) is 0 Å². The lowest BCUT2D eigenvalue weighted by atomic mass is 10.1. The van der Waals surface area contributed by atoms with Crippen LogP contribution >= 0.6 is 0 Å². The monoisotopic (exact) mass is 417 g/mol. The predicted octanol–water partition coefficient (Wildman–Crippen LogP) is 4.12. The molecule has 0 bridgehead atoms. The molecule has 0 unspecified atom stereocenters. The maximum absolute atomic E-state index is 12.6. The molecule has 1 fully saturated rings. The number of amides is 2. The van der Waals surface area contributed by atoms with Crippen LogP contribution in [0, 0.1) is 13.8 Å². The predicted molar refractivity (Wildman–Crippen MR) is 123 cm³/mol. The molecule has 0 saturated carbocycles. The molecule has 7 nitrogen and oxygen atoms in total. The molecule has 0 aliphatic carbocycles. The molecule has 1 saturated heterocycles. The number of carbonyl (C=O) groups is 1. The second-order valence-electron chi connectivity index (χ2n) is 7.71. The molecule has 0 atom stereocenters. The van der Waals surface area contributed by atoms with Crippen LogP contribution in [0.4, 0.5) is 16.3 Å². The molecule has 2 amide bonds. The average molecular weight is 418 g/mol. The third-order valence-corrected chi connectivity index (χ3v) is 5.67.